The van der Waals surface area contributed by atoms with Crippen molar-refractivity contribution in [2.45, 2.75) is 25.7 Å². The molecule has 1 aliphatic heterocycles. The van der Waals surface area contributed by atoms with Crippen LogP contribution < -0.4 is 15.4 Å². The summed E-state index contributed by atoms with van der Waals surface area (Å²) in [5.41, 5.74) is 7.27. The van der Waals surface area contributed by atoms with Crippen molar-refractivity contribution in [3.8, 4) is 11.6 Å². The topological polar surface area (TPSA) is 137 Å². The van der Waals surface area contributed by atoms with Crippen molar-refractivity contribution in [3.05, 3.63) is 53.1 Å². The fourth-order valence-electron chi connectivity index (χ4n) is 4.01. The molecule has 11 nitrogen and oxygen atoms in total. The number of rotatable bonds is 6. The van der Waals surface area contributed by atoms with Gasteiger partial charge in [0.15, 0.2) is 5.82 Å². The Kier molecular flexibility index (Phi) is 6.28. The molecule has 0 aliphatic carbocycles. The highest BCUT2D eigenvalue weighted by Gasteiger charge is 2.30. The number of aryl methyl sites for hydroxylation is 3. The first-order valence-corrected chi connectivity index (χ1v) is 12.2. The molecular weight excluding hydrogens is 458 g/mol. The minimum Gasteiger partial charge on any atom is -0.496 e. The lowest BCUT2D eigenvalue weighted by molar-refractivity contribution is 0.0997. The van der Waals surface area contributed by atoms with Crippen LogP contribution in [-0.4, -0.2) is 71.7 Å². The molecule has 1 saturated heterocycles. The summed E-state index contributed by atoms with van der Waals surface area (Å²) in [5.74, 6) is 1.46. The van der Waals surface area contributed by atoms with Crippen molar-refractivity contribution in [1.29, 1.82) is 0 Å². The second-order valence-corrected chi connectivity index (χ2v) is 10.0. The lowest BCUT2D eigenvalue weighted by Gasteiger charge is -2.34. The van der Waals surface area contributed by atoms with Crippen LogP contribution in [0.4, 0.5) is 5.82 Å². The van der Waals surface area contributed by atoms with E-state index >= 15 is 0 Å². The van der Waals surface area contributed by atoms with E-state index in [0.29, 0.717) is 30.5 Å². The van der Waals surface area contributed by atoms with E-state index in [0.717, 1.165) is 11.4 Å². The number of nitrogens with zero attached hydrogens (tertiary/aromatic N) is 6. The van der Waals surface area contributed by atoms with Crippen molar-refractivity contribution < 1.29 is 17.9 Å². The van der Waals surface area contributed by atoms with Gasteiger partial charge in [0, 0.05) is 37.9 Å². The van der Waals surface area contributed by atoms with Gasteiger partial charge in [-0.25, -0.2) is 23.1 Å². The number of aromatic nitrogens is 4. The number of sulfonamides is 1. The average Bonchev–Trinajstić information content (AvgIpc) is 3.16. The molecule has 0 radical (unpaired) electrons. The van der Waals surface area contributed by atoms with E-state index in [-0.39, 0.29) is 29.3 Å². The number of nitrogens with two attached hydrogens (primary N) is 1. The third-order valence-electron chi connectivity index (χ3n) is 5.67. The Hall–Kier alpha value is -3.51. The van der Waals surface area contributed by atoms with Crippen molar-refractivity contribution in [2.24, 2.45) is 5.73 Å². The van der Waals surface area contributed by atoms with Crippen LogP contribution in [0.3, 0.4) is 0 Å². The molecule has 2 aromatic heterocycles. The third kappa shape index (κ3) is 4.46. The van der Waals surface area contributed by atoms with Crippen molar-refractivity contribution in [3.63, 3.8) is 0 Å². The molecule has 1 aliphatic rings. The van der Waals surface area contributed by atoms with Gasteiger partial charge in [-0.2, -0.15) is 9.40 Å². The highest BCUT2D eigenvalue weighted by Crippen LogP contribution is 2.26. The van der Waals surface area contributed by atoms with Gasteiger partial charge in [0.05, 0.1) is 23.3 Å². The molecule has 0 saturated carbocycles. The second-order valence-electron chi connectivity index (χ2n) is 8.09. The highest BCUT2D eigenvalue weighted by molar-refractivity contribution is 7.89. The van der Waals surface area contributed by atoms with Gasteiger partial charge in [-0.3, -0.25) is 4.79 Å². The smallest absolute Gasteiger partial charge is 0.252 e. The zero-order chi connectivity index (χ0) is 24.6. The number of carbonyl (C=O) groups is 1. The maximum absolute atomic E-state index is 13.2. The van der Waals surface area contributed by atoms with Crippen LogP contribution in [-0.2, 0) is 10.0 Å². The molecule has 12 heteroatoms. The SMILES string of the molecule is COc1ccc(S(=O)(=O)N2CCN(c3cc(-n4nc(C)cc4C)nc(C)n3)CC2)cc1C(N)=O. The molecular formula is C22H27N7O4S. The van der Waals surface area contributed by atoms with Crippen LogP contribution in [0.15, 0.2) is 35.2 Å². The van der Waals surface area contributed by atoms with Gasteiger partial charge in [-0.1, -0.05) is 0 Å². The number of anilines is 1. The Morgan fingerprint density at radius 3 is 2.26 bits per heavy atom. The van der Waals surface area contributed by atoms with Crippen molar-refractivity contribution in [2.75, 3.05) is 38.2 Å². The zero-order valence-electron chi connectivity index (χ0n) is 19.5. The molecule has 1 fully saturated rings. The molecule has 1 amide bonds. The van der Waals surface area contributed by atoms with Crippen molar-refractivity contribution >= 4 is 21.7 Å². The van der Waals surface area contributed by atoms with E-state index in [1.807, 2.05) is 37.8 Å². The van der Waals surface area contributed by atoms with Gasteiger partial charge in [0.25, 0.3) is 5.91 Å². The van der Waals surface area contributed by atoms with Gasteiger partial charge in [-0.15, -0.1) is 0 Å². The lowest BCUT2D eigenvalue weighted by atomic mass is 10.2. The second kappa shape index (κ2) is 9.03. The fraction of sp³-hybridized carbons (Fsp3) is 0.364. The predicted molar refractivity (Wildman–Crippen MR) is 126 cm³/mol. The minimum absolute atomic E-state index is 0.000226. The maximum atomic E-state index is 13.2. The number of methoxy groups -OCH3 is 1. The van der Waals surface area contributed by atoms with Crippen LogP contribution in [0.25, 0.3) is 5.82 Å². The first kappa shape index (κ1) is 23.6. The van der Waals surface area contributed by atoms with Crippen LogP contribution in [0.5, 0.6) is 5.75 Å². The number of piperazine rings is 1. The number of amides is 1. The lowest BCUT2D eigenvalue weighted by Crippen LogP contribution is -2.49. The standard InChI is InChI=1S/C22H27N7O4S/c1-14-11-15(2)29(26-14)21-13-20(24-16(3)25-21)27-7-9-28(10-8-27)34(31,32)17-5-6-19(33-4)18(12-17)22(23)30/h5-6,11-13H,7-10H2,1-4H3,(H2,23,30). The Balaban J connectivity index is 1.54. The van der Waals surface area contributed by atoms with Gasteiger partial charge in [-0.05, 0) is 45.0 Å². The van der Waals surface area contributed by atoms with Crippen LogP contribution in [0, 0.1) is 20.8 Å². The maximum Gasteiger partial charge on any atom is 0.252 e. The number of carbonyl (C=O) groups excluding carboxylic acids is 1. The number of hydrogen-bond acceptors (Lipinski definition) is 8. The van der Waals surface area contributed by atoms with Crippen molar-refractivity contribution in [1.82, 2.24) is 24.1 Å². The Labute approximate surface area is 198 Å². The largest absolute Gasteiger partial charge is 0.496 e. The summed E-state index contributed by atoms with van der Waals surface area (Å²) in [5, 5.41) is 4.50. The molecule has 0 unspecified atom stereocenters. The summed E-state index contributed by atoms with van der Waals surface area (Å²) in [6.07, 6.45) is 0. The molecule has 3 aromatic rings. The van der Waals surface area contributed by atoms with Gasteiger partial charge >= 0.3 is 0 Å². The van der Waals surface area contributed by atoms with Crippen LogP contribution in [0.2, 0.25) is 0 Å². The summed E-state index contributed by atoms with van der Waals surface area (Å²) in [6.45, 7) is 7.13. The average molecular weight is 486 g/mol. The minimum atomic E-state index is -3.81. The van der Waals surface area contributed by atoms with E-state index in [1.54, 1.807) is 4.68 Å². The summed E-state index contributed by atoms with van der Waals surface area (Å²) < 4.78 is 34.7. The normalized spacial score (nSPS) is 14.9. The van der Waals surface area contributed by atoms with E-state index in [2.05, 4.69) is 15.1 Å². The molecule has 0 bridgehead atoms. The highest BCUT2D eigenvalue weighted by atomic mass is 32.2. The number of ether oxygens (including phenoxy) is 1. The Bertz CT molecular complexity index is 1350. The Morgan fingerprint density at radius 1 is 1.00 bits per heavy atom. The summed E-state index contributed by atoms with van der Waals surface area (Å²) in [6, 6.07) is 7.95. The summed E-state index contributed by atoms with van der Waals surface area (Å²) >= 11 is 0. The Morgan fingerprint density at radius 2 is 1.68 bits per heavy atom. The summed E-state index contributed by atoms with van der Waals surface area (Å²) in [4.78, 5) is 22.8. The molecule has 0 atom stereocenters. The first-order chi connectivity index (χ1) is 16.1. The van der Waals surface area contributed by atoms with E-state index < -0.39 is 15.9 Å². The van der Waals surface area contributed by atoms with Gasteiger partial charge in [0.2, 0.25) is 10.0 Å². The number of primary amides is 1. The number of hydrogen-bond donors (Lipinski definition) is 1. The van der Waals surface area contributed by atoms with E-state index in [1.165, 1.54) is 29.6 Å². The first-order valence-electron chi connectivity index (χ1n) is 10.7. The molecule has 34 heavy (non-hydrogen) atoms. The number of benzene rings is 1. The quantitative estimate of drug-likeness (QED) is 0.550. The van der Waals surface area contributed by atoms with Gasteiger partial charge in [0.1, 0.15) is 17.4 Å². The molecule has 4 rings (SSSR count). The monoisotopic (exact) mass is 485 g/mol. The van der Waals surface area contributed by atoms with E-state index in [9.17, 15) is 13.2 Å². The fourth-order valence-corrected chi connectivity index (χ4v) is 5.46. The summed E-state index contributed by atoms with van der Waals surface area (Å²) in [7, 11) is -2.42. The van der Waals surface area contributed by atoms with Crippen LogP contribution in [0.1, 0.15) is 27.6 Å². The predicted octanol–water partition coefficient (Wildman–Crippen LogP) is 1.21. The molecule has 3 heterocycles. The zero-order valence-corrected chi connectivity index (χ0v) is 20.3. The molecule has 180 valence electrons. The molecule has 2 N–H and O–H groups in total. The van der Waals surface area contributed by atoms with Gasteiger partial charge < -0.3 is 15.4 Å². The molecule has 1 aromatic carbocycles. The van der Waals surface area contributed by atoms with Crippen LogP contribution >= 0.6 is 0 Å². The molecule has 0 spiro atoms. The van der Waals surface area contributed by atoms with E-state index in [4.69, 9.17) is 10.5 Å². The third-order valence-corrected chi connectivity index (χ3v) is 7.57.